The van der Waals surface area contributed by atoms with Crippen LogP contribution in [0.1, 0.15) is 18.2 Å². The van der Waals surface area contributed by atoms with Gasteiger partial charge in [-0.2, -0.15) is 13.2 Å². The summed E-state index contributed by atoms with van der Waals surface area (Å²) in [6.45, 7) is 1.84. The van der Waals surface area contributed by atoms with Crippen molar-refractivity contribution in [2.24, 2.45) is 5.73 Å². The van der Waals surface area contributed by atoms with E-state index in [0.717, 1.165) is 17.8 Å². The summed E-state index contributed by atoms with van der Waals surface area (Å²) in [5.41, 5.74) is 6.04. The Bertz CT molecular complexity index is 625. The molecule has 0 aliphatic heterocycles. The highest BCUT2D eigenvalue weighted by Gasteiger charge is 2.32. The van der Waals surface area contributed by atoms with Crippen molar-refractivity contribution in [2.45, 2.75) is 25.6 Å². The summed E-state index contributed by atoms with van der Waals surface area (Å²) in [5, 5.41) is -0.117. The molecule has 0 aliphatic rings. The molecule has 0 bridgehead atoms. The van der Waals surface area contributed by atoms with Gasteiger partial charge in [-0.3, -0.25) is 0 Å². The van der Waals surface area contributed by atoms with E-state index in [1.54, 1.807) is 16.8 Å². The second kappa shape index (κ2) is 5.91. The predicted octanol–water partition coefficient (Wildman–Crippen LogP) is 4.69. The lowest BCUT2D eigenvalue weighted by atomic mass is 10.1. The molecule has 1 heterocycles. The van der Waals surface area contributed by atoms with Crippen molar-refractivity contribution in [3.8, 4) is 5.69 Å². The molecule has 0 amide bonds. The zero-order valence-corrected chi connectivity index (χ0v) is 12.6. The van der Waals surface area contributed by atoms with Crippen molar-refractivity contribution < 1.29 is 13.2 Å². The van der Waals surface area contributed by atoms with Crippen LogP contribution in [0.25, 0.3) is 5.69 Å². The Balaban J connectivity index is 2.53. The van der Waals surface area contributed by atoms with Crippen LogP contribution in [0.3, 0.4) is 0 Å². The number of alkyl halides is 3. The summed E-state index contributed by atoms with van der Waals surface area (Å²) in [5.74, 6) is 0. The Kier molecular flexibility index (Phi) is 4.56. The summed E-state index contributed by atoms with van der Waals surface area (Å²) in [6.07, 6.45) is -2.24. The van der Waals surface area contributed by atoms with Crippen molar-refractivity contribution in [3.05, 3.63) is 51.8 Å². The zero-order chi connectivity index (χ0) is 15.8. The van der Waals surface area contributed by atoms with Crippen LogP contribution in [0.2, 0.25) is 10.0 Å². The Labute approximate surface area is 130 Å². The maximum Gasteiger partial charge on any atom is 0.416 e. The lowest BCUT2D eigenvalue weighted by molar-refractivity contribution is -0.137. The van der Waals surface area contributed by atoms with Gasteiger partial charge >= 0.3 is 6.18 Å². The fraction of sp³-hybridized carbons (Fsp3) is 0.286. The second-order valence-corrected chi connectivity index (χ2v) is 5.65. The molecule has 0 aliphatic carbocycles. The van der Waals surface area contributed by atoms with Crippen molar-refractivity contribution in [1.29, 1.82) is 0 Å². The highest BCUT2D eigenvalue weighted by Crippen LogP contribution is 2.38. The number of hydrogen-bond donors (Lipinski definition) is 1. The number of halogens is 5. The highest BCUT2D eigenvalue weighted by molar-refractivity contribution is 6.37. The maximum absolute atomic E-state index is 12.7. The molecule has 0 fully saturated rings. The summed E-state index contributed by atoms with van der Waals surface area (Å²) in [7, 11) is 0. The molecular weight excluding hydrogens is 324 g/mol. The Hall–Kier alpha value is -1.17. The van der Waals surface area contributed by atoms with Gasteiger partial charge in [-0.1, -0.05) is 23.2 Å². The fourth-order valence-corrected chi connectivity index (χ4v) is 2.76. The van der Waals surface area contributed by atoms with Gasteiger partial charge in [-0.25, -0.2) is 0 Å². The van der Waals surface area contributed by atoms with Crippen molar-refractivity contribution in [1.82, 2.24) is 4.57 Å². The van der Waals surface area contributed by atoms with E-state index >= 15 is 0 Å². The summed E-state index contributed by atoms with van der Waals surface area (Å²) < 4.78 is 39.9. The summed E-state index contributed by atoms with van der Waals surface area (Å²) in [4.78, 5) is 0. The van der Waals surface area contributed by atoms with Crippen LogP contribution in [0.5, 0.6) is 0 Å². The second-order valence-electron chi connectivity index (χ2n) is 4.84. The molecule has 2 nitrogen and oxygen atoms in total. The Morgan fingerprint density at radius 1 is 1.24 bits per heavy atom. The first-order chi connectivity index (χ1) is 9.70. The van der Waals surface area contributed by atoms with Crippen LogP contribution < -0.4 is 5.73 Å². The fourth-order valence-electron chi connectivity index (χ4n) is 2.09. The minimum absolute atomic E-state index is 0.0584. The molecule has 2 rings (SSSR count). The minimum Gasteiger partial charge on any atom is -0.328 e. The number of benzene rings is 1. The molecule has 21 heavy (non-hydrogen) atoms. The molecule has 0 saturated heterocycles. The van der Waals surface area contributed by atoms with Crippen LogP contribution >= 0.6 is 23.2 Å². The average Bonchev–Trinajstić information content (AvgIpc) is 2.74. The van der Waals surface area contributed by atoms with Crippen molar-refractivity contribution in [2.75, 3.05) is 0 Å². The third kappa shape index (κ3) is 3.54. The number of hydrogen-bond acceptors (Lipinski definition) is 1. The van der Waals surface area contributed by atoms with E-state index in [2.05, 4.69) is 0 Å². The predicted molar refractivity (Wildman–Crippen MR) is 78.1 cm³/mol. The van der Waals surface area contributed by atoms with Gasteiger partial charge in [0.1, 0.15) is 0 Å². The first-order valence-corrected chi connectivity index (χ1v) is 6.94. The van der Waals surface area contributed by atoms with Gasteiger partial charge in [0.2, 0.25) is 0 Å². The lowest BCUT2D eigenvalue weighted by Crippen LogP contribution is -2.19. The average molecular weight is 337 g/mol. The number of aromatic nitrogens is 1. The first kappa shape index (κ1) is 16.2. The monoisotopic (exact) mass is 336 g/mol. The smallest absolute Gasteiger partial charge is 0.328 e. The Morgan fingerprint density at radius 2 is 1.81 bits per heavy atom. The zero-order valence-electron chi connectivity index (χ0n) is 11.1. The maximum atomic E-state index is 12.7. The van der Waals surface area contributed by atoms with E-state index in [9.17, 15) is 13.2 Å². The van der Waals surface area contributed by atoms with Crippen molar-refractivity contribution >= 4 is 23.2 Å². The normalized spacial score (nSPS) is 13.5. The molecule has 1 aromatic heterocycles. The molecule has 0 spiro atoms. The van der Waals surface area contributed by atoms with Crippen LogP contribution in [0, 0.1) is 0 Å². The highest BCUT2D eigenvalue weighted by atomic mass is 35.5. The topological polar surface area (TPSA) is 30.9 Å². The molecule has 0 radical (unpaired) electrons. The van der Waals surface area contributed by atoms with Gasteiger partial charge < -0.3 is 10.3 Å². The van der Waals surface area contributed by atoms with Crippen LogP contribution in [0.4, 0.5) is 13.2 Å². The summed E-state index contributed by atoms with van der Waals surface area (Å²) >= 11 is 12.0. The molecule has 1 atom stereocenters. The quantitative estimate of drug-likeness (QED) is 0.865. The van der Waals surface area contributed by atoms with Crippen LogP contribution in [0.15, 0.2) is 30.5 Å². The minimum atomic E-state index is -4.49. The molecule has 2 aromatic rings. The third-order valence-electron chi connectivity index (χ3n) is 2.95. The van der Waals surface area contributed by atoms with Crippen molar-refractivity contribution in [3.63, 3.8) is 0 Å². The van der Waals surface area contributed by atoms with Gasteiger partial charge in [-0.05, 0) is 31.2 Å². The lowest BCUT2D eigenvalue weighted by Gasteiger charge is -2.16. The molecule has 0 saturated carbocycles. The van der Waals surface area contributed by atoms with Crippen LogP contribution in [-0.2, 0) is 12.6 Å². The van der Waals surface area contributed by atoms with E-state index in [0.29, 0.717) is 12.1 Å². The number of rotatable bonds is 3. The molecular formula is C14H13Cl2F3N2. The third-order valence-corrected chi connectivity index (χ3v) is 3.53. The number of nitrogens with zero attached hydrogens (tertiary/aromatic N) is 1. The van der Waals surface area contributed by atoms with E-state index in [1.807, 2.05) is 13.0 Å². The standard InChI is InChI=1S/C14H13Cl2F3N2/c1-8(20)5-10-3-2-4-21(10)13-11(15)6-9(7-12(13)16)14(17,18)19/h2-4,6-8H,5,20H2,1H3. The van der Waals surface area contributed by atoms with Gasteiger partial charge in [0.15, 0.2) is 0 Å². The first-order valence-electron chi connectivity index (χ1n) is 6.18. The number of nitrogens with two attached hydrogens (primary N) is 1. The van der Waals surface area contributed by atoms with E-state index in [-0.39, 0.29) is 16.1 Å². The van der Waals surface area contributed by atoms with Gasteiger partial charge in [0.25, 0.3) is 0 Å². The molecule has 2 N–H and O–H groups in total. The van der Waals surface area contributed by atoms with E-state index in [4.69, 9.17) is 28.9 Å². The molecule has 7 heteroatoms. The van der Waals surface area contributed by atoms with Gasteiger partial charge in [0.05, 0.1) is 21.3 Å². The SMILES string of the molecule is CC(N)Cc1cccn1-c1c(Cl)cc(C(F)(F)F)cc1Cl. The molecule has 1 aromatic carbocycles. The molecule has 1 unspecified atom stereocenters. The van der Waals surface area contributed by atoms with Crippen LogP contribution in [-0.4, -0.2) is 10.6 Å². The van der Waals surface area contributed by atoms with Gasteiger partial charge in [0, 0.05) is 24.4 Å². The van der Waals surface area contributed by atoms with E-state index in [1.165, 1.54) is 0 Å². The summed E-state index contributed by atoms with van der Waals surface area (Å²) in [6, 6.07) is 5.25. The molecule has 114 valence electrons. The van der Waals surface area contributed by atoms with Gasteiger partial charge in [-0.15, -0.1) is 0 Å². The Morgan fingerprint density at radius 3 is 2.29 bits per heavy atom. The van der Waals surface area contributed by atoms with E-state index < -0.39 is 11.7 Å². The largest absolute Gasteiger partial charge is 0.416 e.